The smallest absolute Gasteiger partial charge is 0.150 e. The number of carbonyl (C=O) groups excluding carboxylic acids is 1. The molecule has 0 fully saturated rings. The minimum atomic E-state index is -0.446. The summed E-state index contributed by atoms with van der Waals surface area (Å²) in [4.78, 5) is 10.5. The average Bonchev–Trinajstić information content (AvgIpc) is 2.34. The number of carbonyl (C=O) groups is 1. The van der Waals surface area contributed by atoms with Crippen LogP contribution in [-0.2, 0) is 0 Å². The summed E-state index contributed by atoms with van der Waals surface area (Å²) in [7, 11) is 0. The zero-order valence-electron chi connectivity index (χ0n) is 8.78. The van der Waals surface area contributed by atoms with E-state index >= 15 is 0 Å². The summed E-state index contributed by atoms with van der Waals surface area (Å²) in [5, 5.41) is 0.180. The number of aldehydes is 1. The van der Waals surface area contributed by atoms with Crippen molar-refractivity contribution in [1.82, 2.24) is 0 Å². The van der Waals surface area contributed by atoms with E-state index in [1.54, 1.807) is 24.3 Å². The normalized spacial score (nSPS) is 10.2. The Kier molecular flexibility index (Phi) is 3.11. The van der Waals surface area contributed by atoms with Gasteiger partial charge in [-0.25, -0.2) is 4.39 Å². The van der Waals surface area contributed by atoms with E-state index in [-0.39, 0.29) is 5.02 Å². The highest BCUT2D eigenvalue weighted by Gasteiger charge is 2.08. The van der Waals surface area contributed by atoms with Gasteiger partial charge in [-0.2, -0.15) is 0 Å². The molecule has 0 saturated carbocycles. The molecule has 4 heteroatoms. The molecule has 0 atom stereocenters. The molecule has 0 saturated heterocycles. The van der Waals surface area contributed by atoms with Crippen LogP contribution in [0.1, 0.15) is 10.4 Å². The first kappa shape index (κ1) is 11.6. The van der Waals surface area contributed by atoms with Crippen molar-refractivity contribution < 1.29 is 9.18 Å². The Balaban J connectivity index is 2.55. The molecule has 0 heterocycles. The van der Waals surface area contributed by atoms with Crippen LogP contribution in [0.25, 0.3) is 11.1 Å². The van der Waals surface area contributed by atoms with E-state index in [9.17, 15) is 9.18 Å². The van der Waals surface area contributed by atoms with E-state index in [0.717, 1.165) is 11.8 Å². The highest BCUT2D eigenvalue weighted by Crippen LogP contribution is 2.32. The molecular formula is C13H9ClFNO. The monoisotopic (exact) mass is 249 g/mol. The number of halogens is 2. The fourth-order valence-electron chi connectivity index (χ4n) is 1.56. The molecule has 2 aromatic carbocycles. The lowest BCUT2D eigenvalue weighted by Gasteiger charge is -2.08. The molecule has 0 amide bonds. The summed E-state index contributed by atoms with van der Waals surface area (Å²) < 4.78 is 13.2. The summed E-state index contributed by atoms with van der Waals surface area (Å²) in [5.41, 5.74) is 7.90. The van der Waals surface area contributed by atoms with Gasteiger partial charge >= 0.3 is 0 Å². The second kappa shape index (κ2) is 4.55. The van der Waals surface area contributed by atoms with Gasteiger partial charge < -0.3 is 5.73 Å². The van der Waals surface area contributed by atoms with Gasteiger partial charge in [0.25, 0.3) is 0 Å². The Bertz CT molecular complexity index is 566. The summed E-state index contributed by atoms with van der Waals surface area (Å²) in [6.45, 7) is 0. The van der Waals surface area contributed by atoms with E-state index in [0.29, 0.717) is 16.8 Å². The zero-order chi connectivity index (χ0) is 12.4. The molecule has 2 aromatic rings. The van der Waals surface area contributed by atoms with Crippen LogP contribution in [0.15, 0.2) is 36.4 Å². The Morgan fingerprint density at radius 1 is 1.18 bits per heavy atom. The standard InChI is InChI=1S/C13H9ClFNO/c14-12-6-10(15)5-11(13(12)16)9-3-1-8(7-17)2-4-9/h1-7H,16H2. The minimum Gasteiger partial charge on any atom is -0.397 e. The van der Waals surface area contributed by atoms with Gasteiger partial charge in [0.1, 0.15) is 12.1 Å². The first-order valence-corrected chi connectivity index (χ1v) is 5.30. The van der Waals surface area contributed by atoms with E-state index in [1.807, 2.05) is 0 Å². The van der Waals surface area contributed by atoms with Crippen molar-refractivity contribution in [2.24, 2.45) is 0 Å². The minimum absolute atomic E-state index is 0.180. The molecule has 0 aliphatic rings. The van der Waals surface area contributed by atoms with Gasteiger partial charge in [0.2, 0.25) is 0 Å². The Hall–Kier alpha value is -1.87. The summed E-state index contributed by atoms with van der Waals surface area (Å²) in [6.07, 6.45) is 0.742. The molecule has 2 rings (SSSR count). The van der Waals surface area contributed by atoms with E-state index in [1.165, 1.54) is 12.1 Å². The average molecular weight is 250 g/mol. The fourth-order valence-corrected chi connectivity index (χ4v) is 1.77. The third kappa shape index (κ3) is 2.29. The van der Waals surface area contributed by atoms with Crippen LogP contribution in [0, 0.1) is 5.82 Å². The molecule has 86 valence electrons. The van der Waals surface area contributed by atoms with Crippen molar-refractivity contribution in [3.8, 4) is 11.1 Å². The van der Waals surface area contributed by atoms with Gasteiger partial charge in [-0.1, -0.05) is 35.9 Å². The highest BCUT2D eigenvalue weighted by atomic mass is 35.5. The highest BCUT2D eigenvalue weighted by molar-refractivity contribution is 6.33. The van der Waals surface area contributed by atoms with Crippen LogP contribution in [-0.4, -0.2) is 6.29 Å². The van der Waals surface area contributed by atoms with E-state index in [4.69, 9.17) is 17.3 Å². The molecule has 17 heavy (non-hydrogen) atoms. The molecular weight excluding hydrogens is 241 g/mol. The van der Waals surface area contributed by atoms with Gasteiger partial charge in [-0.05, 0) is 17.7 Å². The number of anilines is 1. The van der Waals surface area contributed by atoms with E-state index < -0.39 is 5.82 Å². The van der Waals surface area contributed by atoms with Crippen LogP contribution < -0.4 is 5.73 Å². The molecule has 0 spiro atoms. The van der Waals surface area contributed by atoms with Gasteiger partial charge in [0.15, 0.2) is 0 Å². The van der Waals surface area contributed by atoms with Crippen molar-refractivity contribution in [2.75, 3.05) is 5.73 Å². The fraction of sp³-hybridized carbons (Fsp3) is 0. The Labute approximate surface area is 103 Å². The maximum absolute atomic E-state index is 13.2. The van der Waals surface area contributed by atoms with Gasteiger partial charge in [-0.15, -0.1) is 0 Å². The second-order valence-electron chi connectivity index (χ2n) is 3.59. The predicted molar refractivity (Wildman–Crippen MR) is 66.6 cm³/mol. The number of benzene rings is 2. The molecule has 0 unspecified atom stereocenters. The molecule has 0 aromatic heterocycles. The van der Waals surface area contributed by atoms with Crippen LogP contribution in [0.5, 0.6) is 0 Å². The van der Waals surface area contributed by atoms with Gasteiger partial charge in [0, 0.05) is 11.1 Å². The van der Waals surface area contributed by atoms with Gasteiger partial charge in [-0.3, -0.25) is 4.79 Å². The van der Waals surface area contributed by atoms with Crippen molar-refractivity contribution in [1.29, 1.82) is 0 Å². The SMILES string of the molecule is Nc1c(Cl)cc(F)cc1-c1ccc(C=O)cc1. The maximum Gasteiger partial charge on any atom is 0.150 e. The molecule has 2 N–H and O–H groups in total. The predicted octanol–water partition coefficient (Wildman–Crippen LogP) is 3.54. The third-order valence-corrected chi connectivity index (χ3v) is 2.76. The molecule has 0 radical (unpaired) electrons. The largest absolute Gasteiger partial charge is 0.397 e. The quantitative estimate of drug-likeness (QED) is 0.653. The van der Waals surface area contributed by atoms with Gasteiger partial charge in [0.05, 0.1) is 10.7 Å². The lowest BCUT2D eigenvalue weighted by Crippen LogP contribution is -1.93. The number of nitrogen functional groups attached to an aromatic ring is 1. The Morgan fingerprint density at radius 3 is 2.41 bits per heavy atom. The molecule has 0 aliphatic heterocycles. The number of nitrogens with two attached hydrogens (primary N) is 1. The number of hydrogen-bond donors (Lipinski definition) is 1. The van der Waals surface area contributed by atoms with Crippen molar-refractivity contribution in [2.45, 2.75) is 0 Å². The first-order chi connectivity index (χ1) is 8.11. The molecule has 0 bridgehead atoms. The third-order valence-electron chi connectivity index (χ3n) is 2.45. The van der Waals surface area contributed by atoms with Crippen LogP contribution >= 0.6 is 11.6 Å². The second-order valence-corrected chi connectivity index (χ2v) is 4.00. The van der Waals surface area contributed by atoms with Crippen molar-refractivity contribution in [3.63, 3.8) is 0 Å². The maximum atomic E-state index is 13.2. The molecule has 0 aliphatic carbocycles. The van der Waals surface area contributed by atoms with Crippen molar-refractivity contribution in [3.05, 3.63) is 52.8 Å². The summed E-state index contributed by atoms with van der Waals surface area (Å²) in [6, 6.07) is 9.16. The lowest BCUT2D eigenvalue weighted by atomic mass is 10.0. The summed E-state index contributed by atoms with van der Waals surface area (Å²) in [5.74, 6) is -0.446. The van der Waals surface area contributed by atoms with Crippen LogP contribution in [0.2, 0.25) is 5.02 Å². The number of hydrogen-bond acceptors (Lipinski definition) is 2. The molecule has 2 nitrogen and oxygen atoms in total. The lowest BCUT2D eigenvalue weighted by molar-refractivity contribution is 0.112. The topological polar surface area (TPSA) is 43.1 Å². The van der Waals surface area contributed by atoms with Crippen LogP contribution in [0.3, 0.4) is 0 Å². The first-order valence-electron chi connectivity index (χ1n) is 4.92. The Morgan fingerprint density at radius 2 is 1.82 bits per heavy atom. The van der Waals surface area contributed by atoms with Crippen LogP contribution in [0.4, 0.5) is 10.1 Å². The van der Waals surface area contributed by atoms with E-state index in [2.05, 4.69) is 0 Å². The number of rotatable bonds is 2. The van der Waals surface area contributed by atoms with Crippen molar-refractivity contribution >= 4 is 23.6 Å². The zero-order valence-corrected chi connectivity index (χ0v) is 9.54. The summed E-state index contributed by atoms with van der Waals surface area (Å²) >= 11 is 5.81.